The maximum atomic E-state index is 12.5. The van der Waals surface area contributed by atoms with E-state index in [2.05, 4.69) is 11.4 Å². The van der Waals surface area contributed by atoms with Crippen LogP contribution in [0.2, 0.25) is 0 Å². The molecule has 33 heavy (non-hydrogen) atoms. The molecule has 0 unspecified atom stereocenters. The van der Waals surface area contributed by atoms with Crippen LogP contribution < -0.4 is 15.8 Å². The highest BCUT2D eigenvalue weighted by molar-refractivity contribution is 6.03. The van der Waals surface area contributed by atoms with E-state index in [0.29, 0.717) is 30.2 Å². The molecule has 3 aromatic carbocycles. The lowest BCUT2D eigenvalue weighted by atomic mass is 9.98. The molecule has 170 valence electrons. The van der Waals surface area contributed by atoms with Crippen molar-refractivity contribution in [3.63, 3.8) is 0 Å². The van der Waals surface area contributed by atoms with Crippen molar-refractivity contribution in [2.24, 2.45) is 0 Å². The number of benzene rings is 3. The number of allylic oxidation sites excluding steroid dienone is 2. The van der Waals surface area contributed by atoms with Crippen molar-refractivity contribution in [2.45, 2.75) is 33.5 Å². The molecule has 5 heteroatoms. The third-order valence-corrected chi connectivity index (χ3v) is 5.13. The standard InChI is InChI=1S/C28H30N2O3/c1-20(2)12-16-24-23(18-31)14-13-22(28(24)33-19-21-8-4-3-5-9-21)15-17-27(32)30-26-11-7-6-10-25(26)29/h3-15,17,31H,16,18-19,29H2,1-2H3,(H,30,32)/b17-15-. The van der Waals surface area contributed by atoms with E-state index in [0.717, 1.165) is 22.3 Å². The molecular formula is C28H30N2O3. The van der Waals surface area contributed by atoms with E-state index in [1.165, 1.54) is 11.6 Å². The molecule has 0 aliphatic rings. The minimum Gasteiger partial charge on any atom is -0.488 e. The fraction of sp³-hybridized carbons (Fsp3) is 0.179. The molecular weight excluding hydrogens is 412 g/mol. The number of aliphatic hydroxyl groups is 1. The number of amides is 1. The molecule has 0 atom stereocenters. The Kier molecular flexibility index (Phi) is 8.44. The highest BCUT2D eigenvalue weighted by Crippen LogP contribution is 2.31. The van der Waals surface area contributed by atoms with Gasteiger partial charge < -0.3 is 20.9 Å². The predicted molar refractivity (Wildman–Crippen MR) is 135 cm³/mol. The van der Waals surface area contributed by atoms with E-state index < -0.39 is 0 Å². The summed E-state index contributed by atoms with van der Waals surface area (Å²) in [6, 6.07) is 20.7. The first-order valence-electron chi connectivity index (χ1n) is 10.9. The average molecular weight is 443 g/mol. The highest BCUT2D eigenvalue weighted by Gasteiger charge is 2.14. The second kappa shape index (κ2) is 11.7. The smallest absolute Gasteiger partial charge is 0.248 e. The maximum Gasteiger partial charge on any atom is 0.248 e. The summed E-state index contributed by atoms with van der Waals surface area (Å²) in [5.41, 5.74) is 11.7. The van der Waals surface area contributed by atoms with Gasteiger partial charge in [0.1, 0.15) is 12.4 Å². The number of carbonyl (C=O) groups excluding carboxylic acids is 1. The quantitative estimate of drug-likeness (QED) is 0.232. The van der Waals surface area contributed by atoms with Crippen LogP contribution in [0.5, 0.6) is 5.75 Å². The van der Waals surface area contributed by atoms with Gasteiger partial charge in [-0.05, 0) is 49.6 Å². The molecule has 0 saturated heterocycles. The van der Waals surface area contributed by atoms with Crippen molar-refractivity contribution in [3.8, 4) is 5.75 Å². The van der Waals surface area contributed by atoms with Gasteiger partial charge in [0.2, 0.25) is 5.91 Å². The van der Waals surface area contributed by atoms with Gasteiger partial charge in [0.05, 0.1) is 18.0 Å². The zero-order valence-corrected chi connectivity index (χ0v) is 19.0. The number of para-hydroxylation sites is 2. The molecule has 3 aromatic rings. The SMILES string of the molecule is CC(C)=CCc1c(CO)ccc(/C=C\C(=O)Nc2ccccc2N)c1OCc1ccccc1. The number of hydrogen-bond acceptors (Lipinski definition) is 4. The van der Waals surface area contributed by atoms with Crippen molar-refractivity contribution in [3.05, 3.63) is 107 Å². The van der Waals surface area contributed by atoms with Crippen molar-refractivity contribution in [2.75, 3.05) is 11.1 Å². The van der Waals surface area contributed by atoms with Crippen LogP contribution in [-0.4, -0.2) is 11.0 Å². The third-order valence-electron chi connectivity index (χ3n) is 5.13. The zero-order valence-electron chi connectivity index (χ0n) is 19.0. The van der Waals surface area contributed by atoms with Gasteiger partial charge in [0, 0.05) is 17.2 Å². The summed E-state index contributed by atoms with van der Waals surface area (Å²) in [7, 11) is 0. The van der Waals surface area contributed by atoms with Crippen molar-refractivity contribution < 1.29 is 14.6 Å². The number of carbonyl (C=O) groups is 1. The molecule has 0 bridgehead atoms. The fourth-order valence-electron chi connectivity index (χ4n) is 3.35. The maximum absolute atomic E-state index is 12.5. The van der Waals surface area contributed by atoms with Crippen molar-refractivity contribution >= 4 is 23.4 Å². The Morgan fingerprint density at radius 1 is 1.03 bits per heavy atom. The molecule has 0 aliphatic heterocycles. The molecule has 0 aromatic heterocycles. The summed E-state index contributed by atoms with van der Waals surface area (Å²) < 4.78 is 6.26. The number of hydrogen-bond donors (Lipinski definition) is 3. The number of anilines is 2. The Balaban J connectivity index is 1.92. The van der Waals surface area contributed by atoms with Crippen molar-refractivity contribution in [1.82, 2.24) is 0 Å². The minimum atomic E-state index is -0.293. The number of nitrogen functional groups attached to an aromatic ring is 1. The molecule has 4 N–H and O–H groups in total. The third kappa shape index (κ3) is 6.82. The number of nitrogens with two attached hydrogens (primary N) is 1. The van der Waals surface area contributed by atoms with Gasteiger partial charge in [-0.1, -0.05) is 66.2 Å². The Morgan fingerprint density at radius 3 is 2.45 bits per heavy atom. The summed E-state index contributed by atoms with van der Waals surface area (Å²) in [5.74, 6) is 0.366. The first kappa shape index (κ1) is 23.8. The summed E-state index contributed by atoms with van der Waals surface area (Å²) in [6.45, 7) is 4.36. The lowest BCUT2D eigenvalue weighted by Gasteiger charge is -2.17. The van der Waals surface area contributed by atoms with Gasteiger partial charge in [0.15, 0.2) is 0 Å². The summed E-state index contributed by atoms with van der Waals surface area (Å²) in [6.07, 6.45) is 5.90. The van der Waals surface area contributed by atoms with Crippen LogP contribution in [0.3, 0.4) is 0 Å². The lowest BCUT2D eigenvalue weighted by molar-refractivity contribution is -0.111. The summed E-state index contributed by atoms with van der Waals surface area (Å²) >= 11 is 0. The van der Waals surface area contributed by atoms with E-state index in [1.54, 1.807) is 18.2 Å². The molecule has 0 heterocycles. The first-order chi connectivity index (χ1) is 16.0. The molecule has 0 aliphatic carbocycles. The number of rotatable bonds is 9. The zero-order chi connectivity index (χ0) is 23.6. The van der Waals surface area contributed by atoms with E-state index in [4.69, 9.17) is 10.5 Å². The van der Waals surface area contributed by atoms with E-state index in [9.17, 15) is 9.90 Å². The Morgan fingerprint density at radius 2 is 1.76 bits per heavy atom. The fourth-order valence-corrected chi connectivity index (χ4v) is 3.35. The summed E-state index contributed by atoms with van der Waals surface area (Å²) in [4.78, 5) is 12.5. The molecule has 0 spiro atoms. The molecule has 0 radical (unpaired) electrons. The Hall–Kier alpha value is -3.83. The van der Waals surface area contributed by atoms with E-state index in [-0.39, 0.29) is 12.5 Å². The molecule has 0 saturated carbocycles. The molecule has 3 rings (SSSR count). The van der Waals surface area contributed by atoms with Crippen LogP contribution in [0.1, 0.15) is 36.1 Å². The largest absolute Gasteiger partial charge is 0.488 e. The van der Waals surface area contributed by atoms with Gasteiger partial charge in [-0.3, -0.25) is 4.79 Å². The second-order valence-corrected chi connectivity index (χ2v) is 7.95. The lowest BCUT2D eigenvalue weighted by Crippen LogP contribution is -2.09. The average Bonchev–Trinajstić information content (AvgIpc) is 2.82. The first-order valence-corrected chi connectivity index (χ1v) is 10.9. The summed E-state index contributed by atoms with van der Waals surface area (Å²) in [5, 5.41) is 12.7. The van der Waals surface area contributed by atoms with Crippen LogP contribution in [-0.2, 0) is 24.4 Å². The van der Waals surface area contributed by atoms with Crippen LogP contribution >= 0.6 is 0 Å². The van der Waals surface area contributed by atoms with Crippen LogP contribution in [0.15, 0.2) is 84.5 Å². The van der Waals surface area contributed by atoms with Gasteiger partial charge in [-0.25, -0.2) is 0 Å². The van der Waals surface area contributed by atoms with Crippen LogP contribution in [0.25, 0.3) is 6.08 Å². The topological polar surface area (TPSA) is 84.6 Å². The van der Waals surface area contributed by atoms with Gasteiger partial charge in [0.25, 0.3) is 0 Å². The van der Waals surface area contributed by atoms with E-state index >= 15 is 0 Å². The van der Waals surface area contributed by atoms with E-state index in [1.807, 2.05) is 68.4 Å². The second-order valence-electron chi connectivity index (χ2n) is 7.95. The molecule has 0 fully saturated rings. The number of nitrogens with one attached hydrogen (secondary N) is 1. The Bertz CT molecular complexity index is 1150. The van der Waals surface area contributed by atoms with Crippen LogP contribution in [0, 0.1) is 0 Å². The highest BCUT2D eigenvalue weighted by atomic mass is 16.5. The molecule has 5 nitrogen and oxygen atoms in total. The monoisotopic (exact) mass is 442 g/mol. The normalized spacial score (nSPS) is 10.8. The number of ether oxygens (including phenoxy) is 1. The number of aliphatic hydroxyl groups excluding tert-OH is 1. The van der Waals surface area contributed by atoms with Gasteiger partial charge >= 0.3 is 0 Å². The predicted octanol–water partition coefficient (Wildman–Crippen LogP) is 5.50. The molecule has 1 amide bonds. The van der Waals surface area contributed by atoms with Gasteiger partial charge in [-0.2, -0.15) is 0 Å². The van der Waals surface area contributed by atoms with Gasteiger partial charge in [-0.15, -0.1) is 0 Å². The van der Waals surface area contributed by atoms with Crippen LogP contribution in [0.4, 0.5) is 11.4 Å². The minimum absolute atomic E-state index is 0.0919. The Labute approximate surface area is 195 Å². The van der Waals surface area contributed by atoms with Crippen molar-refractivity contribution in [1.29, 1.82) is 0 Å².